The first-order valence-electron chi connectivity index (χ1n) is 2.51. The Hall–Kier alpha value is 3.00. The summed E-state index contributed by atoms with van der Waals surface area (Å²) in [5, 5.41) is 20.1. The predicted octanol–water partition coefficient (Wildman–Crippen LogP) is -6.90. The van der Waals surface area contributed by atoms with Crippen LogP contribution in [0.5, 0.6) is 0 Å². The van der Waals surface area contributed by atoms with E-state index in [0.717, 1.165) is 5.57 Å². The Labute approximate surface area is 148 Å². The molecule has 0 spiro atoms. The first-order valence-corrected chi connectivity index (χ1v) is 2.51. The zero-order valence-corrected chi connectivity index (χ0v) is 13.6. The van der Waals surface area contributed by atoms with E-state index in [9.17, 15) is 10.0 Å². The Morgan fingerprint density at radius 2 is 1.30 bits per heavy atom. The normalized spacial score (nSPS) is 6.90. The minimum absolute atomic E-state index is 0. The van der Waals surface area contributed by atoms with Crippen molar-refractivity contribution in [1.29, 1.82) is 0 Å². The molecule has 0 heterocycles. The average Bonchev–Trinajstić information content (AvgIpc) is 1.64. The molecule has 0 aromatic heterocycles. The van der Waals surface area contributed by atoms with Crippen molar-refractivity contribution in [3.05, 3.63) is 11.0 Å². The summed E-state index contributed by atoms with van der Waals surface area (Å²) in [6.45, 7) is 5.09. The molecule has 0 bridgehead atoms. The maximum atomic E-state index is 10.1. The Morgan fingerprint density at radius 1 is 1.00 bits per heavy atom. The van der Waals surface area contributed by atoms with Gasteiger partial charge in [-0.1, -0.05) is 19.6 Å². The Balaban J connectivity index is -0.000000245. The Kier molecular flexibility index (Phi) is 18.9. The van der Waals surface area contributed by atoms with E-state index >= 15 is 0 Å². The largest absolute Gasteiger partial charge is 1.00 e. The van der Waals surface area contributed by atoms with Crippen molar-refractivity contribution < 1.29 is 113 Å². The molecular weight excluding hydrogens is 181 g/mol. The molecule has 0 N–H and O–H groups in total. The van der Waals surface area contributed by atoms with Crippen LogP contribution in [0, 0.1) is 0 Å². The molecule has 0 fully saturated rings. The van der Waals surface area contributed by atoms with Crippen molar-refractivity contribution in [1.82, 2.24) is 0 Å². The van der Waals surface area contributed by atoms with Crippen LogP contribution in [0.2, 0.25) is 0 Å². The van der Waals surface area contributed by atoms with Crippen molar-refractivity contribution in [2.45, 2.75) is 20.8 Å². The van der Waals surface area contributed by atoms with E-state index in [2.05, 4.69) is 0 Å². The molecule has 0 amide bonds. The van der Waals surface area contributed by atoms with Gasteiger partial charge in [-0.05, 0) is 13.8 Å². The molecule has 0 rings (SSSR count). The van der Waals surface area contributed by atoms with Gasteiger partial charge in [0, 0.05) is 0 Å². The van der Waals surface area contributed by atoms with Crippen LogP contribution in [0.25, 0.3) is 0 Å². The van der Waals surface area contributed by atoms with Gasteiger partial charge in [0.25, 0.3) is 0 Å². The van der Waals surface area contributed by atoms with E-state index in [4.69, 9.17) is 0 Å². The minimum Gasteiger partial charge on any atom is -0.890 e. The summed E-state index contributed by atoms with van der Waals surface area (Å²) in [4.78, 5) is 0. The van der Waals surface area contributed by atoms with Crippen LogP contribution in [-0.4, -0.2) is 7.12 Å². The third kappa shape index (κ3) is 9.09. The van der Waals surface area contributed by atoms with Crippen LogP contribution < -0.4 is 113 Å². The Morgan fingerprint density at radius 3 is 1.30 bits per heavy atom. The fourth-order valence-corrected chi connectivity index (χ4v) is 0.236. The molecule has 46 valence electrons. The molecular formula is C5H9BK2O2. The molecule has 0 saturated heterocycles. The second kappa shape index (κ2) is 10.1. The molecule has 0 atom stereocenters. The molecule has 10 heavy (non-hydrogen) atoms. The standard InChI is InChI=1S/C5H9BO2.2K/c1-4(2)5(3)6(7)8;;/h1-3H3;;/q-2;2*+1. The van der Waals surface area contributed by atoms with Gasteiger partial charge in [-0.2, -0.15) is 5.47 Å². The van der Waals surface area contributed by atoms with E-state index < -0.39 is 7.12 Å². The SMILES string of the molecule is CC(C)=C(C)B([O-])[O-].[K+].[K+]. The van der Waals surface area contributed by atoms with Crippen molar-refractivity contribution in [2.75, 3.05) is 0 Å². The van der Waals surface area contributed by atoms with Crippen molar-refractivity contribution in [2.24, 2.45) is 0 Å². The van der Waals surface area contributed by atoms with E-state index in [1.807, 2.05) is 0 Å². The predicted molar refractivity (Wildman–Crippen MR) is 29.8 cm³/mol. The second-order valence-electron chi connectivity index (χ2n) is 2.01. The summed E-state index contributed by atoms with van der Waals surface area (Å²) in [7, 11) is -1.78. The molecule has 0 aliphatic rings. The summed E-state index contributed by atoms with van der Waals surface area (Å²) in [6, 6.07) is 0. The monoisotopic (exact) mass is 190 g/mol. The third-order valence-electron chi connectivity index (χ3n) is 1.14. The summed E-state index contributed by atoms with van der Waals surface area (Å²) < 4.78 is 0. The van der Waals surface area contributed by atoms with Crippen molar-refractivity contribution in [3.8, 4) is 0 Å². The van der Waals surface area contributed by atoms with Gasteiger partial charge in [0.1, 0.15) is 0 Å². The van der Waals surface area contributed by atoms with Crippen molar-refractivity contribution in [3.63, 3.8) is 0 Å². The molecule has 0 aliphatic carbocycles. The van der Waals surface area contributed by atoms with Crippen LogP contribution in [0.3, 0.4) is 0 Å². The summed E-state index contributed by atoms with van der Waals surface area (Å²) in [5.74, 6) is 0. The van der Waals surface area contributed by atoms with E-state index in [0.29, 0.717) is 5.47 Å². The molecule has 0 saturated carbocycles. The van der Waals surface area contributed by atoms with Crippen LogP contribution in [0.4, 0.5) is 0 Å². The van der Waals surface area contributed by atoms with Gasteiger partial charge in [0.2, 0.25) is 0 Å². The van der Waals surface area contributed by atoms with Crippen LogP contribution in [-0.2, 0) is 0 Å². The number of hydrogen-bond donors (Lipinski definition) is 0. The van der Waals surface area contributed by atoms with E-state index in [1.54, 1.807) is 20.8 Å². The fraction of sp³-hybridized carbons (Fsp3) is 0.600. The molecule has 5 heteroatoms. The van der Waals surface area contributed by atoms with Gasteiger partial charge in [0.15, 0.2) is 0 Å². The zero-order valence-electron chi connectivity index (χ0n) is 7.39. The molecule has 0 radical (unpaired) electrons. The van der Waals surface area contributed by atoms with Gasteiger partial charge >= 0.3 is 103 Å². The molecule has 0 aromatic rings. The smallest absolute Gasteiger partial charge is 0.890 e. The molecule has 0 unspecified atom stereocenters. The number of hydrogen-bond acceptors (Lipinski definition) is 2. The molecule has 0 aliphatic heterocycles. The molecule has 2 nitrogen and oxygen atoms in total. The van der Waals surface area contributed by atoms with Gasteiger partial charge in [-0.3, -0.25) is 0 Å². The number of rotatable bonds is 1. The van der Waals surface area contributed by atoms with Gasteiger partial charge in [-0.15, -0.1) is 0 Å². The topological polar surface area (TPSA) is 46.1 Å². The van der Waals surface area contributed by atoms with Gasteiger partial charge in [0.05, 0.1) is 0 Å². The third-order valence-corrected chi connectivity index (χ3v) is 1.14. The van der Waals surface area contributed by atoms with Crippen LogP contribution in [0.1, 0.15) is 20.8 Å². The summed E-state index contributed by atoms with van der Waals surface area (Å²) in [5.41, 5.74) is 1.24. The quantitative estimate of drug-likeness (QED) is 0.386. The maximum absolute atomic E-state index is 10.1. The van der Waals surface area contributed by atoms with E-state index in [-0.39, 0.29) is 103 Å². The molecule has 0 aromatic carbocycles. The summed E-state index contributed by atoms with van der Waals surface area (Å²) in [6.07, 6.45) is 0. The first-order chi connectivity index (χ1) is 3.55. The van der Waals surface area contributed by atoms with Crippen LogP contribution >= 0.6 is 0 Å². The zero-order chi connectivity index (χ0) is 6.73. The average molecular weight is 190 g/mol. The van der Waals surface area contributed by atoms with Crippen molar-refractivity contribution >= 4 is 7.12 Å². The van der Waals surface area contributed by atoms with Crippen LogP contribution in [0.15, 0.2) is 11.0 Å². The maximum Gasteiger partial charge on any atom is 1.00 e. The van der Waals surface area contributed by atoms with Gasteiger partial charge < -0.3 is 10.0 Å². The second-order valence-corrected chi connectivity index (χ2v) is 2.01. The number of allylic oxidation sites excluding steroid dienone is 2. The Bertz CT molecular complexity index is 110. The van der Waals surface area contributed by atoms with Gasteiger partial charge in [-0.25, -0.2) is 0 Å². The first kappa shape index (κ1) is 18.7. The fourth-order valence-electron chi connectivity index (χ4n) is 0.236. The summed E-state index contributed by atoms with van der Waals surface area (Å²) >= 11 is 0. The minimum atomic E-state index is -1.78. The van der Waals surface area contributed by atoms with E-state index in [1.165, 1.54) is 0 Å².